The topological polar surface area (TPSA) is 38.5 Å². The van der Waals surface area contributed by atoms with Crippen LogP contribution in [0.1, 0.15) is 46.5 Å². The van der Waals surface area contributed by atoms with Gasteiger partial charge in [0.1, 0.15) is 0 Å². The maximum atomic E-state index is 5.98. The summed E-state index contributed by atoms with van der Waals surface area (Å²) >= 11 is 0. The van der Waals surface area contributed by atoms with E-state index in [2.05, 4.69) is 32.7 Å². The van der Waals surface area contributed by atoms with Gasteiger partial charge in [0.15, 0.2) is 0 Å². The monoisotopic (exact) mass is 228 g/mol. The largest absolute Gasteiger partial charge is 0.378 e. The molecule has 16 heavy (non-hydrogen) atoms. The maximum Gasteiger partial charge on any atom is 0.0611 e. The third-order valence-corrected chi connectivity index (χ3v) is 4.24. The summed E-state index contributed by atoms with van der Waals surface area (Å²) in [6, 6.07) is 0.658. The third kappa shape index (κ3) is 2.58. The number of nitrogens with two attached hydrogens (primary N) is 1. The average Bonchev–Trinajstić information content (AvgIpc) is 2.24. The number of ether oxygens (including phenoxy) is 1. The van der Waals surface area contributed by atoms with Crippen molar-refractivity contribution in [1.82, 2.24) is 4.90 Å². The molecule has 0 unspecified atom stereocenters. The van der Waals surface area contributed by atoms with Crippen LogP contribution in [0, 0.1) is 0 Å². The van der Waals surface area contributed by atoms with Gasteiger partial charge in [-0.2, -0.15) is 0 Å². The van der Waals surface area contributed by atoms with E-state index >= 15 is 0 Å². The first-order valence-electron chi connectivity index (χ1n) is 6.68. The van der Waals surface area contributed by atoms with Gasteiger partial charge in [-0.15, -0.1) is 0 Å². The number of likely N-dealkylation sites (N-methyl/N-ethyl adjacent to an activating group) is 1. The SMILES string of the molecule is CCOC1CC(CN)(N(C)C(CC)CC)C1. The minimum Gasteiger partial charge on any atom is -0.378 e. The van der Waals surface area contributed by atoms with Crippen molar-refractivity contribution in [3.63, 3.8) is 0 Å². The highest BCUT2D eigenvalue weighted by atomic mass is 16.5. The molecule has 0 aliphatic heterocycles. The standard InChI is InChI=1S/C13H28N2O/c1-5-11(6-2)15(4)13(10-14)8-12(9-13)16-7-3/h11-12H,5-10,14H2,1-4H3. The van der Waals surface area contributed by atoms with Crippen LogP contribution in [0.3, 0.4) is 0 Å². The lowest BCUT2D eigenvalue weighted by Gasteiger charge is -2.54. The molecule has 3 heteroatoms. The second-order valence-electron chi connectivity index (χ2n) is 5.00. The van der Waals surface area contributed by atoms with Gasteiger partial charge in [0.25, 0.3) is 0 Å². The summed E-state index contributed by atoms with van der Waals surface area (Å²) < 4.78 is 5.65. The quantitative estimate of drug-likeness (QED) is 0.724. The number of nitrogens with zero attached hydrogens (tertiary/aromatic N) is 1. The zero-order valence-electron chi connectivity index (χ0n) is 11.3. The van der Waals surface area contributed by atoms with Crippen LogP contribution in [0.25, 0.3) is 0 Å². The minimum atomic E-state index is 0.205. The van der Waals surface area contributed by atoms with Gasteiger partial charge in [-0.25, -0.2) is 0 Å². The summed E-state index contributed by atoms with van der Waals surface area (Å²) in [7, 11) is 2.23. The zero-order valence-corrected chi connectivity index (χ0v) is 11.3. The maximum absolute atomic E-state index is 5.98. The van der Waals surface area contributed by atoms with E-state index < -0.39 is 0 Å². The number of rotatable bonds is 7. The summed E-state index contributed by atoms with van der Waals surface area (Å²) in [5.74, 6) is 0. The fraction of sp³-hybridized carbons (Fsp3) is 1.00. The lowest BCUT2D eigenvalue weighted by atomic mass is 9.72. The molecule has 0 bridgehead atoms. The molecule has 1 aliphatic rings. The molecule has 2 N–H and O–H groups in total. The molecule has 1 aliphatic carbocycles. The van der Waals surface area contributed by atoms with E-state index in [-0.39, 0.29) is 5.54 Å². The third-order valence-electron chi connectivity index (χ3n) is 4.24. The molecule has 0 atom stereocenters. The molecule has 0 aromatic carbocycles. The smallest absolute Gasteiger partial charge is 0.0611 e. The van der Waals surface area contributed by atoms with Crippen molar-refractivity contribution < 1.29 is 4.74 Å². The first-order valence-corrected chi connectivity index (χ1v) is 6.68. The van der Waals surface area contributed by atoms with E-state index in [0.29, 0.717) is 12.1 Å². The second kappa shape index (κ2) is 5.99. The Kier molecular flexibility index (Phi) is 5.22. The van der Waals surface area contributed by atoms with Crippen molar-refractivity contribution in [2.45, 2.75) is 64.1 Å². The van der Waals surface area contributed by atoms with E-state index in [1.165, 1.54) is 12.8 Å². The molecule has 3 nitrogen and oxygen atoms in total. The molecule has 0 aromatic heterocycles. The molecular weight excluding hydrogens is 200 g/mol. The lowest BCUT2D eigenvalue weighted by Crippen LogP contribution is -2.65. The Balaban J connectivity index is 2.55. The first kappa shape index (κ1) is 13.9. The van der Waals surface area contributed by atoms with Crippen molar-refractivity contribution in [2.24, 2.45) is 5.73 Å². The van der Waals surface area contributed by atoms with Gasteiger partial charge >= 0.3 is 0 Å². The van der Waals surface area contributed by atoms with Gasteiger partial charge in [0, 0.05) is 24.7 Å². The molecule has 1 saturated carbocycles. The summed E-state index contributed by atoms with van der Waals surface area (Å²) in [5, 5.41) is 0. The summed E-state index contributed by atoms with van der Waals surface area (Å²) in [5.41, 5.74) is 6.18. The van der Waals surface area contributed by atoms with Crippen LogP contribution in [0.5, 0.6) is 0 Å². The molecule has 0 spiro atoms. The minimum absolute atomic E-state index is 0.205. The van der Waals surface area contributed by atoms with Crippen LogP contribution < -0.4 is 5.73 Å². The van der Waals surface area contributed by atoms with Gasteiger partial charge in [0.05, 0.1) is 6.10 Å². The first-order chi connectivity index (χ1) is 7.63. The van der Waals surface area contributed by atoms with E-state index in [1.54, 1.807) is 0 Å². The van der Waals surface area contributed by atoms with Crippen molar-refractivity contribution in [3.8, 4) is 0 Å². The molecule has 0 radical (unpaired) electrons. The van der Waals surface area contributed by atoms with Gasteiger partial charge in [-0.1, -0.05) is 13.8 Å². The summed E-state index contributed by atoms with van der Waals surface area (Å²) in [6.45, 7) is 8.15. The van der Waals surface area contributed by atoms with Crippen molar-refractivity contribution in [3.05, 3.63) is 0 Å². The molecule has 0 saturated heterocycles. The molecular formula is C13H28N2O. The molecule has 1 rings (SSSR count). The fourth-order valence-electron chi connectivity index (χ4n) is 2.96. The van der Waals surface area contributed by atoms with Crippen LogP contribution in [-0.2, 0) is 4.74 Å². The Hall–Kier alpha value is -0.120. The Morgan fingerprint density at radius 1 is 1.31 bits per heavy atom. The van der Waals surface area contributed by atoms with E-state index in [1.807, 2.05) is 0 Å². The molecule has 1 fully saturated rings. The normalized spacial score (nSPS) is 29.8. The highest BCUT2D eigenvalue weighted by Crippen LogP contribution is 2.40. The average molecular weight is 228 g/mol. The Bertz CT molecular complexity index is 198. The highest BCUT2D eigenvalue weighted by Gasteiger charge is 2.47. The fourth-order valence-corrected chi connectivity index (χ4v) is 2.96. The van der Waals surface area contributed by atoms with Crippen LogP contribution in [0.15, 0.2) is 0 Å². The van der Waals surface area contributed by atoms with E-state index in [4.69, 9.17) is 10.5 Å². The van der Waals surface area contributed by atoms with Gasteiger partial charge in [-0.05, 0) is 39.7 Å². The lowest BCUT2D eigenvalue weighted by molar-refractivity contribution is -0.105. The molecule has 0 aromatic rings. The van der Waals surface area contributed by atoms with Crippen molar-refractivity contribution in [1.29, 1.82) is 0 Å². The number of hydrogen-bond donors (Lipinski definition) is 1. The van der Waals surface area contributed by atoms with Crippen LogP contribution >= 0.6 is 0 Å². The van der Waals surface area contributed by atoms with Gasteiger partial charge < -0.3 is 10.5 Å². The molecule has 96 valence electrons. The van der Waals surface area contributed by atoms with Crippen LogP contribution in [0.2, 0.25) is 0 Å². The molecule has 0 heterocycles. The predicted molar refractivity (Wildman–Crippen MR) is 68.6 cm³/mol. The Morgan fingerprint density at radius 2 is 1.88 bits per heavy atom. The van der Waals surface area contributed by atoms with Crippen LogP contribution in [0.4, 0.5) is 0 Å². The van der Waals surface area contributed by atoms with Crippen molar-refractivity contribution >= 4 is 0 Å². The highest BCUT2D eigenvalue weighted by molar-refractivity contribution is 5.04. The van der Waals surface area contributed by atoms with E-state index in [9.17, 15) is 0 Å². The summed E-state index contributed by atoms with van der Waals surface area (Å²) in [6.07, 6.45) is 5.04. The van der Waals surface area contributed by atoms with Gasteiger partial charge in [-0.3, -0.25) is 4.90 Å². The predicted octanol–water partition coefficient (Wildman–Crippen LogP) is 2.00. The van der Waals surface area contributed by atoms with Gasteiger partial charge in [0.2, 0.25) is 0 Å². The Morgan fingerprint density at radius 3 is 2.25 bits per heavy atom. The van der Waals surface area contributed by atoms with Crippen molar-refractivity contribution in [2.75, 3.05) is 20.2 Å². The Labute approximate surface area is 100 Å². The molecule has 0 amide bonds. The van der Waals surface area contributed by atoms with Crippen LogP contribution in [-0.4, -0.2) is 42.8 Å². The zero-order chi connectivity index (χ0) is 12.2. The number of hydrogen-bond acceptors (Lipinski definition) is 3. The van der Waals surface area contributed by atoms with E-state index in [0.717, 1.165) is 26.0 Å². The summed E-state index contributed by atoms with van der Waals surface area (Å²) in [4.78, 5) is 2.50. The second-order valence-corrected chi connectivity index (χ2v) is 5.00.